The number of carbonyl (C=O) groups is 7. The van der Waals surface area contributed by atoms with Crippen LogP contribution in [0.4, 0.5) is 0 Å². The zero-order valence-electron chi connectivity index (χ0n) is 35.6. The molecule has 0 saturated carbocycles. The Morgan fingerprint density at radius 1 is 0.433 bits per heavy atom. The summed E-state index contributed by atoms with van der Waals surface area (Å²) in [6, 6.07) is -2.89. The highest BCUT2D eigenvalue weighted by atomic mass is 16.5. The number of hydrogen-bond donors (Lipinski definition) is 8. The number of carboxylic acids is 3. The zero-order valence-corrected chi connectivity index (χ0v) is 35.6. The van der Waals surface area contributed by atoms with Gasteiger partial charge in [0.25, 0.3) is 0 Å². The van der Waals surface area contributed by atoms with Crippen LogP contribution >= 0.6 is 0 Å². The molecule has 0 aromatic rings. The Morgan fingerprint density at radius 3 is 1.38 bits per heavy atom. The molecule has 0 aliphatic rings. The number of hydrogen-bond acceptors (Lipinski definition) is 13. The lowest BCUT2D eigenvalue weighted by Gasteiger charge is -2.14. The summed E-state index contributed by atoms with van der Waals surface area (Å²) in [5, 5.41) is 34.7. The third-order valence-corrected chi connectivity index (χ3v) is 9.46. The van der Waals surface area contributed by atoms with Crippen LogP contribution in [0.15, 0.2) is 0 Å². The maximum atomic E-state index is 12.3. The Labute approximate surface area is 355 Å². The fraction of sp³-hybridized carbons (Fsp3) is 0.829. The molecule has 1 unspecified atom stereocenters. The average molecular weight is 862 g/mol. The molecule has 0 heterocycles. The van der Waals surface area contributed by atoms with E-state index in [-0.39, 0.29) is 122 Å². The number of nitrogens with one attached hydrogen (secondary N) is 3. The maximum Gasteiger partial charge on any atom is 0.326 e. The minimum absolute atomic E-state index is 0.0353. The predicted molar refractivity (Wildman–Crippen MR) is 222 cm³/mol. The highest BCUT2D eigenvalue weighted by molar-refractivity contribution is 5.85. The highest BCUT2D eigenvalue weighted by Crippen LogP contribution is 2.14. The van der Waals surface area contributed by atoms with Crippen LogP contribution in [0.5, 0.6) is 0 Å². The summed E-state index contributed by atoms with van der Waals surface area (Å²) < 4.78 is 21.2. The van der Waals surface area contributed by atoms with Crippen LogP contribution in [-0.4, -0.2) is 141 Å². The molecule has 19 nitrogen and oxygen atoms in total. The van der Waals surface area contributed by atoms with Crippen molar-refractivity contribution in [2.75, 3.05) is 65.9 Å². The molecule has 0 radical (unpaired) electrons. The van der Waals surface area contributed by atoms with E-state index >= 15 is 0 Å². The first kappa shape index (κ1) is 56.2. The van der Waals surface area contributed by atoms with Gasteiger partial charge in [-0.05, 0) is 38.5 Å². The Hall–Kier alpha value is -3.75. The van der Waals surface area contributed by atoms with Crippen molar-refractivity contribution in [1.82, 2.24) is 16.0 Å². The van der Waals surface area contributed by atoms with Crippen molar-refractivity contribution in [3.05, 3.63) is 0 Å². The van der Waals surface area contributed by atoms with E-state index in [0.29, 0.717) is 19.3 Å². The van der Waals surface area contributed by atoms with Crippen molar-refractivity contribution >= 4 is 41.4 Å². The lowest BCUT2D eigenvalue weighted by atomic mass is 10.0. The number of ether oxygens (including phenoxy) is 4. The Morgan fingerprint density at radius 2 is 0.883 bits per heavy atom. The van der Waals surface area contributed by atoms with Gasteiger partial charge in [0.15, 0.2) is 5.78 Å². The van der Waals surface area contributed by atoms with Crippen molar-refractivity contribution in [3.8, 4) is 0 Å². The molecule has 0 bridgehead atoms. The van der Waals surface area contributed by atoms with E-state index in [2.05, 4.69) is 16.0 Å². The van der Waals surface area contributed by atoms with E-state index in [4.69, 9.17) is 40.6 Å². The molecule has 3 amide bonds. The molecular formula is C41H75N5O14. The molecule has 0 aliphatic heterocycles. The lowest BCUT2D eigenvalue weighted by molar-refractivity contribution is -0.142. The van der Waals surface area contributed by atoms with E-state index in [1.54, 1.807) is 0 Å². The van der Waals surface area contributed by atoms with Gasteiger partial charge in [0, 0.05) is 32.4 Å². The third-order valence-electron chi connectivity index (χ3n) is 9.46. The molecular weight excluding hydrogens is 786 g/mol. The fourth-order valence-corrected chi connectivity index (χ4v) is 5.87. The maximum absolute atomic E-state index is 12.3. The monoisotopic (exact) mass is 862 g/mol. The zero-order chi connectivity index (χ0) is 44.6. The number of aliphatic carboxylic acids is 3. The number of ketones is 1. The van der Waals surface area contributed by atoms with E-state index in [9.17, 15) is 38.7 Å². The van der Waals surface area contributed by atoms with Gasteiger partial charge in [-0.2, -0.15) is 0 Å². The average Bonchev–Trinajstić information content (AvgIpc) is 3.20. The molecule has 0 rings (SSSR count). The van der Waals surface area contributed by atoms with E-state index in [1.807, 2.05) is 0 Å². The van der Waals surface area contributed by atoms with E-state index < -0.39 is 36.0 Å². The molecule has 60 heavy (non-hydrogen) atoms. The quantitative estimate of drug-likeness (QED) is 0.0408. The second-order valence-electron chi connectivity index (χ2n) is 14.8. The normalized spacial score (nSPS) is 12.6. The standard InChI is InChI=1S/C41H75N5O14/c42-32(16-15-17-33(43)40(53)54)35(47)30-59-28-26-58-25-23-45-38(50)31-60-29-27-57-24-22-44-36(48)21-20-34(41(55)56)46-37(49)18-13-11-9-7-5-3-1-2-4-6-8-10-12-14-19-39(51)52/h32-34H,1-31,42-43H2,(H,44,48)(H,45,50)(H,46,49)(H,51,52)(H,53,54)(H,55,56)/t32?,33-,34-/m0/s1. The van der Waals surface area contributed by atoms with Crippen LogP contribution in [0.3, 0.4) is 0 Å². The molecule has 0 aliphatic carbocycles. The number of unbranched alkanes of at least 4 members (excludes halogenated alkanes) is 13. The van der Waals surface area contributed by atoms with Crippen molar-refractivity contribution in [2.24, 2.45) is 11.5 Å². The SMILES string of the molecule is NC(CCC[C@H](N)C(=O)O)C(=O)COCCOCCNC(=O)COCCOCCNC(=O)CC[C@H](NC(=O)CCCCCCCCCCCCCCCCC(=O)O)C(=O)O. The molecule has 0 aromatic heterocycles. The van der Waals surface area contributed by atoms with E-state index in [1.165, 1.54) is 38.5 Å². The van der Waals surface area contributed by atoms with Gasteiger partial charge in [-0.3, -0.25) is 28.8 Å². The summed E-state index contributed by atoms with van der Waals surface area (Å²) in [5.41, 5.74) is 11.2. The summed E-state index contributed by atoms with van der Waals surface area (Å²) >= 11 is 0. The molecule has 0 spiro atoms. The number of Topliss-reactive ketones (excluding diaryl/α,β-unsaturated/α-hetero) is 1. The Balaban J connectivity index is 3.69. The highest BCUT2D eigenvalue weighted by Gasteiger charge is 2.21. The predicted octanol–water partition coefficient (Wildman–Crippen LogP) is 2.44. The summed E-state index contributed by atoms with van der Waals surface area (Å²) in [4.78, 5) is 81.2. The van der Waals surface area contributed by atoms with Crippen molar-refractivity contribution in [2.45, 2.75) is 153 Å². The van der Waals surface area contributed by atoms with Crippen LogP contribution in [0.25, 0.3) is 0 Å². The summed E-state index contributed by atoms with van der Waals surface area (Å²) in [6.45, 7) is 1.17. The summed E-state index contributed by atoms with van der Waals surface area (Å²) in [5.74, 6) is -4.35. The topological polar surface area (TPSA) is 305 Å². The largest absolute Gasteiger partial charge is 0.481 e. The molecule has 3 atom stereocenters. The van der Waals surface area contributed by atoms with Gasteiger partial charge >= 0.3 is 17.9 Å². The Bertz CT molecular complexity index is 1190. The van der Waals surface area contributed by atoms with Crippen LogP contribution in [0.1, 0.15) is 135 Å². The van der Waals surface area contributed by atoms with Gasteiger partial charge in [-0.15, -0.1) is 0 Å². The molecule has 0 aromatic carbocycles. The van der Waals surface area contributed by atoms with Gasteiger partial charge in [0.05, 0.1) is 45.7 Å². The number of carbonyl (C=O) groups excluding carboxylic acids is 4. The third kappa shape index (κ3) is 37.3. The van der Waals surface area contributed by atoms with Crippen LogP contribution in [0, 0.1) is 0 Å². The van der Waals surface area contributed by atoms with E-state index in [0.717, 1.165) is 44.9 Å². The minimum Gasteiger partial charge on any atom is -0.481 e. The first-order valence-electron chi connectivity index (χ1n) is 21.7. The second kappa shape index (κ2) is 39.4. The smallest absolute Gasteiger partial charge is 0.326 e. The van der Waals surface area contributed by atoms with Crippen LogP contribution in [-0.2, 0) is 52.5 Å². The number of rotatable bonds is 44. The second-order valence-corrected chi connectivity index (χ2v) is 14.8. The number of carboxylic acid groups (broad SMARTS) is 3. The molecule has 348 valence electrons. The molecule has 0 saturated heterocycles. The number of nitrogens with two attached hydrogens (primary N) is 2. The van der Waals surface area contributed by atoms with Gasteiger partial charge in [-0.25, -0.2) is 4.79 Å². The Kier molecular flexibility index (Phi) is 36.9. The van der Waals surface area contributed by atoms with Gasteiger partial charge in [0.2, 0.25) is 17.7 Å². The number of amides is 3. The minimum atomic E-state index is -1.19. The molecule has 0 fully saturated rings. The van der Waals surface area contributed by atoms with Gasteiger partial charge in [-0.1, -0.05) is 77.0 Å². The van der Waals surface area contributed by atoms with Crippen molar-refractivity contribution < 1.29 is 67.8 Å². The van der Waals surface area contributed by atoms with Gasteiger partial charge in [0.1, 0.15) is 25.3 Å². The van der Waals surface area contributed by atoms with Crippen LogP contribution in [0.2, 0.25) is 0 Å². The molecule has 10 N–H and O–H groups in total. The first-order chi connectivity index (χ1) is 28.8. The summed E-state index contributed by atoms with van der Waals surface area (Å²) in [7, 11) is 0. The summed E-state index contributed by atoms with van der Waals surface area (Å²) in [6.07, 6.45) is 16.3. The van der Waals surface area contributed by atoms with Crippen LogP contribution < -0.4 is 27.4 Å². The first-order valence-corrected chi connectivity index (χ1v) is 21.7. The van der Waals surface area contributed by atoms with Crippen molar-refractivity contribution in [1.29, 1.82) is 0 Å². The fourth-order valence-electron chi connectivity index (χ4n) is 5.87. The van der Waals surface area contributed by atoms with Crippen molar-refractivity contribution in [3.63, 3.8) is 0 Å². The lowest BCUT2D eigenvalue weighted by Crippen LogP contribution is -2.41. The van der Waals surface area contributed by atoms with Gasteiger partial charge < -0.3 is 61.7 Å². The molecule has 19 heteroatoms.